The number of hydrogen-bond acceptors (Lipinski definition) is 3. The Balaban J connectivity index is 2.68. The smallest absolute Gasteiger partial charge is 0.0948 e. The lowest BCUT2D eigenvalue weighted by Crippen LogP contribution is -2.20. The Labute approximate surface area is 147 Å². The van der Waals surface area contributed by atoms with E-state index in [4.69, 9.17) is 9.47 Å². The minimum atomic E-state index is 0.0411. The summed E-state index contributed by atoms with van der Waals surface area (Å²) in [7, 11) is 3.68. The minimum absolute atomic E-state index is 0.0411. The molecule has 0 aliphatic heterocycles. The molecule has 0 saturated carbocycles. The van der Waals surface area contributed by atoms with E-state index in [0.717, 1.165) is 13.0 Å². The van der Waals surface area contributed by atoms with Crippen LogP contribution in [0.4, 0.5) is 0 Å². The third-order valence-electron chi connectivity index (χ3n) is 3.91. The van der Waals surface area contributed by atoms with Crippen molar-refractivity contribution in [3.05, 3.63) is 59.2 Å². The largest absolute Gasteiger partial charge is 0.375 e. The fourth-order valence-corrected chi connectivity index (χ4v) is 2.62. The highest BCUT2D eigenvalue weighted by atomic mass is 16.5. The van der Waals surface area contributed by atoms with Gasteiger partial charge in [-0.1, -0.05) is 61.4 Å². The van der Waals surface area contributed by atoms with Gasteiger partial charge < -0.3 is 14.8 Å². The lowest BCUT2D eigenvalue weighted by molar-refractivity contribution is 0.0755. The van der Waals surface area contributed by atoms with Crippen LogP contribution in [0.15, 0.2) is 48.1 Å². The van der Waals surface area contributed by atoms with E-state index in [1.54, 1.807) is 7.11 Å². The van der Waals surface area contributed by atoms with Crippen molar-refractivity contribution in [1.29, 1.82) is 0 Å². The first-order valence-corrected chi connectivity index (χ1v) is 8.84. The predicted molar refractivity (Wildman–Crippen MR) is 102 cm³/mol. The molecule has 0 saturated heterocycles. The molecule has 1 rings (SSSR count). The molecule has 0 aliphatic rings. The van der Waals surface area contributed by atoms with Crippen molar-refractivity contribution < 1.29 is 9.47 Å². The third-order valence-corrected chi connectivity index (χ3v) is 3.91. The highest BCUT2D eigenvalue weighted by Crippen LogP contribution is 2.21. The van der Waals surface area contributed by atoms with E-state index in [2.05, 4.69) is 56.4 Å². The van der Waals surface area contributed by atoms with Crippen LogP contribution in [0.1, 0.15) is 50.8 Å². The normalized spacial score (nSPS) is 15.0. The van der Waals surface area contributed by atoms with E-state index in [1.165, 1.54) is 23.1 Å². The maximum atomic E-state index is 6.03. The van der Waals surface area contributed by atoms with Crippen molar-refractivity contribution in [2.75, 3.05) is 20.7 Å². The number of methoxy groups -OCH3 is 1. The van der Waals surface area contributed by atoms with Gasteiger partial charge in [-0.05, 0) is 38.4 Å². The molecule has 0 aromatic heterocycles. The molecular weight excluding hydrogens is 298 g/mol. The van der Waals surface area contributed by atoms with Gasteiger partial charge in [0.15, 0.2) is 0 Å². The SMILES string of the molecule is CCC/C=C\C(C)=C/C(C)OCc1ccccc1C(CNC)OC. The van der Waals surface area contributed by atoms with Crippen LogP contribution in [0.5, 0.6) is 0 Å². The Bertz CT molecular complexity index is 522. The van der Waals surface area contributed by atoms with E-state index in [1.807, 2.05) is 19.2 Å². The van der Waals surface area contributed by atoms with Crippen molar-refractivity contribution >= 4 is 0 Å². The van der Waals surface area contributed by atoms with Crippen LogP contribution in [0.3, 0.4) is 0 Å². The van der Waals surface area contributed by atoms with Gasteiger partial charge in [-0.25, -0.2) is 0 Å². The molecule has 0 amide bonds. The van der Waals surface area contributed by atoms with E-state index >= 15 is 0 Å². The van der Waals surface area contributed by atoms with E-state index in [-0.39, 0.29) is 12.2 Å². The Morgan fingerprint density at radius 3 is 2.71 bits per heavy atom. The van der Waals surface area contributed by atoms with Crippen LogP contribution >= 0.6 is 0 Å². The molecular formula is C21H33NO2. The van der Waals surface area contributed by atoms with Gasteiger partial charge in [0.1, 0.15) is 0 Å². The molecule has 0 aliphatic carbocycles. The molecule has 3 nitrogen and oxygen atoms in total. The molecule has 2 unspecified atom stereocenters. The molecule has 0 fully saturated rings. The molecule has 0 spiro atoms. The monoisotopic (exact) mass is 331 g/mol. The predicted octanol–water partition coefficient (Wildman–Crippen LogP) is 4.80. The highest BCUT2D eigenvalue weighted by molar-refractivity contribution is 5.29. The lowest BCUT2D eigenvalue weighted by Gasteiger charge is -2.20. The Kier molecular flexibility index (Phi) is 10.3. The first-order valence-electron chi connectivity index (χ1n) is 8.84. The molecule has 0 bridgehead atoms. The summed E-state index contributed by atoms with van der Waals surface area (Å²) in [4.78, 5) is 0. The van der Waals surface area contributed by atoms with Crippen molar-refractivity contribution in [2.45, 2.75) is 52.4 Å². The molecule has 134 valence electrons. The summed E-state index contributed by atoms with van der Waals surface area (Å²) in [6.07, 6.45) is 8.97. The second-order valence-electron chi connectivity index (χ2n) is 6.10. The maximum Gasteiger partial charge on any atom is 0.0948 e. The van der Waals surface area contributed by atoms with E-state index in [0.29, 0.717) is 6.61 Å². The van der Waals surface area contributed by atoms with Gasteiger partial charge in [0, 0.05) is 13.7 Å². The first-order chi connectivity index (χ1) is 11.6. The van der Waals surface area contributed by atoms with Gasteiger partial charge in [-0.2, -0.15) is 0 Å². The van der Waals surface area contributed by atoms with Gasteiger partial charge >= 0.3 is 0 Å². The second-order valence-corrected chi connectivity index (χ2v) is 6.10. The topological polar surface area (TPSA) is 30.5 Å². The Morgan fingerprint density at radius 1 is 1.29 bits per heavy atom. The summed E-state index contributed by atoms with van der Waals surface area (Å²) in [5, 5.41) is 3.18. The molecule has 2 atom stereocenters. The number of likely N-dealkylation sites (N-methyl/N-ethyl adjacent to an activating group) is 1. The van der Waals surface area contributed by atoms with E-state index < -0.39 is 0 Å². The van der Waals surface area contributed by atoms with Gasteiger partial charge in [0.05, 0.1) is 18.8 Å². The zero-order valence-electron chi connectivity index (χ0n) is 15.8. The molecule has 0 radical (unpaired) electrons. The molecule has 1 aromatic rings. The summed E-state index contributed by atoms with van der Waals surface area (Å²) < 4.78 is 11.6. The maximum absolute atomic E-state index is 6.03. The number of allylic oxidation sites excluding steroid dienone is 3. The van der Waals surface area contributed by atoms with Crippen LogP contribution in [0.2, 0.25) is 0 Å². The van der Waals surface area contributed by atoms with Crippen molar-refractivity contribution in [2.24, 2.45) is 0 Å². The summed E-state index contributed by atoms with van der Waals surface area (Å²) in [5.41, 5.74) is 3.61. The molecule has 0 heterocycles. The number of benzene rings is 1. The van der Waals surface area contributed by atoms with Crippen LogP contribution in [0, 0.1) is 0 Å². The molecule has 1 aromatic carbocycles. The summed E-state index contributed by atoms with van der Waals surface area (Å²) in [5.74, 6) is 0. The third kappa shape index (κ3) is 7.43. The van der Waals surface area contributed by atoms with E-state index in [9.17, 15) is 0 Å². The second kappa shape index (κ2) is 12.0. The number of nitrogens with one attached hydrogen (secondary N) is 1. The van der Waals surface area contributed by atoms with Gasteiger partial charge in [0.2, 0.25) is 0 Å². The fraction of sp³-hybridized carbons (Fsp3) is 0.524. The number of ether oxygens (including phenoxy) is 2. The van der Waals surface area contributed by atoms with Crippen LogP contribution in [-0.2, 0) is 16.1 Å². The van der Waals surface area contributed by atoms with Gasteiger partial charge in [-0.15, -0.1) is 0 Å². The molecule has 24 heavy (non-hydrogen) atoms. The van der Waals surface area contributed by atoms with Crippen LogP contribution < -0.4 is 5.32 Å². The first kappa shape index (κ1) is 20.6. The van der Waals surface area contributed by atoms with Crippen molar-refractivity contribution in [3.63, 3.8) is 0 Å². The fourth-order valence-electron chi connectivity index (χ4n) is 2.62. The number of hydrogen-bond donors (Lipinski definition) is 1. The summed E-state index contributed by atoms with van der Waals surface area (Å²) >= 11 is 0. The summed E-state index contributed by atoms with van der Waals surface area (Å²) in [6, 6.07) is 8.32. The van der Waals surface area contributed by atoms with Gasteiger partial charge in [-0.3, -0.25) is 0 Å². The Hall–Kier alpha value is -1.42. The van der Waals surface area contributed by atoms with Crippen molar-refractivity contribution in [1.82, 2.24) is 5.32 Å². The molecule has 3 heteroatoms. The quantitative estimate of drug-likeness (QED) is 0.591. The average molecular weight is 332 g/mol. The van der Waals surface area contributed by atoms with Gasteiger partial charge in [0.25, 0.3) is 0 Å². The standard InChI is InChI=1S/C21H33NO2/c1-6-7-8-11-17(2)14-18(3)24-16-19-12-9-10-13-20(19)21(23-5)15-22-4/h8-14,18,21-22H,6-7,15-16H2,1-5H3/b11-8-,17-14-. The lowest BCUT2D eigenvalue weighted by atomic mass is 10.0. The highest BCUT2D eigenvalue weighted by Gasteiger charge is 2.14. The summed E-state index contributed by atoms with van der Waals surface area (Å²) in [6.45, 7) is 7.76. The van der Waals surface area contributed by atoms with Crippen molar-refractivity contribution in [3.8, 4) is 0 Å². The zero-order valence-corrected chi connectivity index (χ0v) is 15.8. The number of unbranched alkanes of at least 4 members (excludes halogenated alkanes) is 1. The van der Waals surface area contributed by atoms with Crippen LogP contribution in [-0.4, -0.2) is 26.8 Å². The molecule has 1 N–H and O–H groups in total. The minimum Gasteiger partial charge on any atom is -0.375 e. The number of rotatable bonds is 11. The average Bonchev–Trinajstić information content (AvgIpc) is 2.58. The zero-order chi connectivity index (χ0) is 17.8. The van der Waals surface area contributed by atoms with Crippen LogP contribution in [0.25, 0.3) is 0 Å². The Morgan fingerprint density at radius 2 is 2.04 bits per heavy atom.